The van der Waals surface area contributed by atoms with Crippen molar-refractivity contribution in [3.05, 3.63) is 198 Å². The highest BCUT2D eigenvalue weighted by molar-refractivity contribution is 5.97. The van der Waals surface area contributed by atoms with Gasteiger partial charge in [-0.2, -0.15) is 0 Å². The van der Waals surface area contributed by atoms with E-state index in [2.05, 4.69) is 205 Å². The monoisotopic (exact) mass is 680 g/mol. The Morgan fingerprint density at radius 3 is 1.72 bits per heavy atom. The summed E-state index contributed by atoms with van der Waals surface area (Å²) < 4.78 is 2.49. The van der Waals surface area contributed by atoms with Gasteiger partial charge in [-0.05, 0) is 112 Å². The summed E-state index contributed by atoms with van der Waals surface area (Å²) >= 11 is 0. The van der Waals surface area contributed by atoms with Gasteiger partial charge in [0.25, 0.3) is 0 Å². The van der Waals surface area contributed by atoms with Gasteiger partial charge in [0.05, 0.1) is 16.9 Å². The molecule has 0 saturated carbocycles. The third-order valence-corrected chi connectivity index (χ3v) is 11.5. The van der Waals surface area contributed by atoms with Crippen molar-refractivity contribution >= 4 is 34.0 Å². The van der Waals surface area contributed by atoms with Crippen molar-refractivity contribution in [1.82, 2.24) is 4.57 Å². The van der Waals surface area contributed by atoms with Gasteiger partial charge in [-0.25, -0.2) is 0 Å². The zero-order valence-corrected chi connectivity index (χ0v) is 30.1. The lowest BCUT2D eigenvalue weighted by Gasteiger charge is -2.42. The molecule has 0 spiro atoms. The Balaban J connectivity index is 1.07. The van der Waals surface area contributed by atoms with E-state index in [1.165, 1.54) is 89.4 Å². The summed E-state index contributed by atoms with van der Waals surface area (Å²) in [4.78, 5) is 2.45. The van der Waals surface area contributed by atoms with Gasteiger partial charge in [0.2, 0.25) is 0 Å². The third kappa shape index (κ3) is 5.17. The molecule has 1 aliphatic heterocycles. The summed E-state index contributed by atoms with van der Waals surface area (Å²) in [5.74, 6) is 0. The topological polar surface area (TPSA) is 8.17 Å². The number of nitrogens with zero attached hydrogens (tertiary/aromatic N) is 2. The summed E-state index contributed by atoms with van der Waals surface area (Å²) in [6, 6.07) is 62.4. The zero-order chi connectivity index (χ0) is 35.5. The van der Waals surface area contributed by atoms with E-state index in [0.29, 0.717) is 0 Å². The standard InChI is InChI=1S/C51H40N2/c1-51(2)45-18-10-12-20-49(45)53(42-29-23-38(24-30-42)36-15-7-4-8-16-36)50-32-26-40(34-46(50)51)39-25-31-48-44(33-39)43-17-9-11-19-47(43)52(48)41-27-21-37(22-28-41)35-13-5-3-6-14-35/h3-10,12-18,20-34H,11,19H2,1-2H3. The van der Waals surface area contributed by atoms with Gasteiger partial charge in [-0.15, -0.1) is 0 Å². The van der Waals surface area contributed by atoms with Crippen molar-refractivity contribution in [2.24, 2.45) is 0 Å². The molecule has 254 valence electrons. The summed E-state index contributed by atoms with van der Waals surface area (Å²) in [5, 5.41) is 1.31. The van der Waals surface area contributed by atoms with E-state index in [0.717, 1.165) is 12.8 Å². The number of hydrogen-bond donors (Lipinski definition) is 0. The van der Waals surface area contributed by atoms with Crippen LogP contribution in [0.15, 0.2) is 176 Å². The van der Waals surface area contributed by atoms with E-state index in [1.54, 1.807) is 0 Å². The van der Waals surface area contributed by atoms with Crippen molar-refractivity contribution in [1.29, 1.82) is 0 Å². The lowest BCUT2D eigenvalue weighted by atomic mass is 9.73. The second kappa shape index (κ2) is 12.4. The van der Waals surface area contributed by atoms with E-state index in [4.69, 9.17) is 0 Å². The average Bonchev–Trinajstić information content (AvgIpc) is 3.55. The fourth-order valence-corrected chi connectivity index (χ4v) is 8.72. The van der Waals surface area contributed by atoms with Gasteiger partial charge >= 0.3 is 0 Å². The quantitative estimate of drug-likeness (QED) is 0.176. The second-order valence-electron chi connectivity index (χ2n) is 14.9. The molecule has 0 atom stereocenters. The third-order valence-electron chi connectivity index (χ3n) is 11.5. The lowest BCUT2D eigenvalue weighted by Crippen LogP contribution is -2.30. The number of anilines is 3. The van der Waals surface area contributed by atoms with Crippen LogP contribution < -0.4 is 4.90 Å². The maximum atomic E-state index is 2.49. The number of allylic oxidation sites excluding steroid dienone is 1. The molecule has 53 heavy (non-hydrogen) atoms. The minimum absolute atomic E-state index is 0.177. The highest BCUT2D eigenvalue weighted by Gasteiger charge is 2.37. The number of hydrogen-bond acceptors (Lipinski definition) is 1. The Labute approximate surface area is 311 Å². The minimum atomic E-state index is -0.177. The molecule has 0 radical (unpaired) electrons. The first-order chi connectivity index (χ1) is 26.0. The molecule has 0 bridgehead atoms. The molecule has 2 aliphatic rings. The highest BCUT2D eigenvalue weighted by atomic mass is 15.2. The van der Waals surface area contributed by atoms with Crippen LogP contribution in [0.2, 0.25) is 0 Å². The predicted octanol–water partition coefficient (Wildman–Crippen LogP) is 13.7. The molecule has 7 aromatic carbocycles. The lowest BCUT2D eigenvalue weighted by molar-refractivity contribution is 0.632. The minimum Gasteiger partial charge on any atom is -0.313 e. The van der Waals surface area contributed by atoms with Crippen molar-refractivity contribution in [2.75, 3.05) is 4.90 Å². The van der Waals surface area contributed by atoms with E-state index in [-0.39, 0.29) is 5.41 Å². The first-order valence-corrected chi connectivity index (χ1v) is 18.7. The fourth-order valence-electron chi connectivity index (χ4n) is 8.72. The van der Waals surface area contributed by atoms with Crippen LogP contribution in [0.3, 0.4) is 0 Å². The molecule has 0 fully saturated rings. The Bertz CT molecular complexity index is 2660. The average molecular weight is 681 g/mol. The number of fused-ring (bicyclic) bond motifs is 5. The summed E-state index contributed by atoms with van der Waals surface area (Å²) in [6.45, 7) is 4.75. The van der Waals surface area contributed by atoms with Gasteiger partial charge in [-0.1, -0.05) is 141 Å². The van der Waals surface area contributed by atoms with E-state index in [9.17, 15) is 0 Å². The smallest absolute Gasteiger partial charge is 0.0538 e. The number of benzene rings is 7. The highest BCUT2D eigenvalue weighted by Crippen LogP contribution is 2.53. The molecule has 0 unspecified atom stereocenters. The molecule has 0 amide bonds. The van der Waals surface area contributed by atoms with Crippen molar-refractivity contribution in [3.63, 3.8) is 0 Å². The van der Waals surface area contributed by atoms with Crippen LogP contribution in [-0.4, -0.2) is 4.57 Å². The van der Waals surface area contributed by atoms with Crippen LogP contribution in [0.25, 0.3) is 56.0 Å². The molecule has 0 saturated heterocycles. The van der Waals surface area contributed by atoms with Crippen molar-refractivity contribution in [2.45, 2.75) is 32.1 Å². The Hall–Kier alpha value is -6.38. The summed E-state index contributed by atoms with van der Waals surface area (Å²) in [6.07, 6.45) is 6.76. The van der Waals surface area contributed by atoms with Gasteiger partial charge in [0.1, 0.15) is 0 Å². The zero-order valence-electron chi connectivity index (χ0n) is 30.1. The maximum absolute atomic E-state index is 2.49. The number of rotatable bonds is 5. The SMILES string of the molecule is CC1(C)c2ccccc2N(c2ccc(-c3ccccc3)cc2)c2ccc(-c3ccc4c(c3)c3c(n4-c4ccc(-c5ccccc5)cc4)CCC=C3)cc21. The Morgan fingerprint density at radius 2 is 1.02 bits per heavy atom. The molecular weight excluding hydrogens is 641 g/mol. The van der Waals surface area contributed by atoms with Crippen LogP contribution >= 0.6 is 0 Å². The van der Waals surface area contributed by atoms with Crippen molar-refractivity contribution in [3.8, 4) is 39.1 Å². The van der Waals surface area contributed by atoms with Gasteiger partial charge in [0, 0.05) is 33.4 Å². The molecule has 1 aliphatic carbocycles. The fraction of sp³-hybridized carbons (Fsp3) is 0.0980. The molecule has 8 aromatic rings. The summed E-state index contributed by atoms with van der Waals surface area (Å²) in [7, 11) is 0. The predicted molar refractivity (Wildman–Crippen MR) is 224 cm³/mol. The van der Waals surface area contributed by atoms with E-state index >= 15 is 0 Å². The molecular formula is C51H40N2. The normalized spacial score (nSPS) is 14.1. The molecule has 2 heterocycles. The molecule has 0 N–H and O–H groups in total. The van der Waals surface area contributed by atoms with Crippen LogP contribution in [-0.2, 0) is 11.8 Å². The molecule has 1 aromatic heterocycles. The largest absolute Gasteiger partial charge is 0.313 e. The first kappa shape index (κ1) is 31.4. The van der Waals surface area contributed by atoms with Crippen LogP contribution in [0.4, 0.5) is 17.1 Å². The molecule has 2 nitrogen and oxygen atoms in total. The maximum Gasteiger partial charge on any atom is 0.0538 e. The first-order valence-electron chi connectivity index (χ1n) is 18.7. The molecule has 2 heteroatoms. The molecule has 10 rings (SSSR count). The number of aromatic nitrogens is 1. The van der Waals surface area contributed by atoms with E-state index in [1.807, 2.05) is 0 Å². The van der Waals surface area contributed by atoms with Crippen LogP contribution in [0.1, 0.15) is 42.7 Å². The van der Waals surface area contributed by atoms with Crippen LogP contribution in [0.5, 0.6) is 0 Å². The van der Waals surface area contributed by atoms with Gasteiger partial charge in [0.15, 0.2) is 0 Å². The Morgan fingerprint density at radius 1 is 0.472 bits per heavy atom. The van der Waals surface area contributed by atoms with Crippen molar-refractivity contribution < 1.29 is 0 Å². The Kier molecular flexibility index (Phi) is 7.33. The van der Waals surface area contributed by atoms with E-state index < -0.39 is 0 Å². The summed E-state index contributed by atoms with van der Waals surface area (Å²) in [5.41, 5.74) is 18.8. The number of para-hydroxylation sites is 1. The van der Waals surface area contributed by atoms with Crippen LogP contribution in [0, 0.1) is 0 Å². The van der Waals surface area contributed by atoms with Gasteiger partial charge < -0.3 is 9.47 Å². The van der Waals surface area contributed by atoms with Gasteiger partial charge in [-0.3, -0.25) is 0 Å². The second-order valence-corrected chi connectivity index (χ2v) is 14.9.